The van der Waals surface area contributed by atoms with Gasteiger partial charge in [-0.3, -0.25) is 0 Å². The first-order valence-electron chi connectivity index (χ1n) is 6.21. The first-order valence-corrected chi connectivity index (χ1v) is 6.21. The predicted octanol–water partition coefficient (Wildman–Crippen LogP) is 1.54. The van der Waals surface area contributed by atoms with E-state index < -0.39 is 0 Å². The minimum Gasteiger partial charge on any atom is -0.346 e. The molecule has 0 spiro atoms. The van der Waals surface area contributed by atoms with Crippen LogP contribution in [0.3, 0.4) is 0 Å². The zero-order chi connectivity index (χ0) is 10.1. The van der Waals surface area contributed by atoms with E-state index in [1.165, 1.54) is 69.0 Å². The van der Waals surface area contributed by atoms with E-state index in [1.807, 2.05) is 0 Å². The molecule has 2 heterocycles. The van der Waals surface area contributed by atoms with Crippen molar-refractivity contribution >= 4 is 0 Å². The Morgan fingerprint density at radius 3 is 2.80 bits per heavy atom. The van der Waals surface area contributed by atoms with E-state index in [-0.39, 0.29) is 0 Å². The Bertz CT molecular complexity index is 315. The number of aromatic nitrogens is 2. The number of fused-ring (bicyclic) bond motifs is 1. The largest absolute Gasteiger partial charge is 0.346 e. The predicted molar refractivity (Wildman–Crippen MR) is 60.0 cm³/mol. The summed E-state index contributed by atoms with van der Waals surface area (Å²) >= 11 is 0. The number of aromatic amines is 1. The third kappa shape index (κ3) is 1.93. The molecule has 1 aromatic rings. The van der Waals surface area contributed by atoms with Crippen LogP contribution in [-0.4, -0.2) is 34.5 Å². The van der Waals surface area contributed by atoms with Crippen LogP contribution in [0.5, 0.6) is 0 Å². The highest BCUT2D eigenvalue weighted by atomic mass is 15.1. The molecule has 3 rings (SSSR count). The van der Waals surface area contributed by atoms with Crippen LogP contribution in [0.4, 0.5) is 0 Å². The summed E-state index contributed by atoms with van der Waals surface area (Å²) in [6.45, 7) is 3.77. The van der Waals surface area contributed by atoms with Crippen molar-refractivity contribution in [3.63, 3.8) is 0 Å². The smallest absolute Gasteiger partial charge is 0.107 e. The van der Waals surface area contributed by atoms with E-state index in [2.05, 4.69) is 14.9 Å². The van der Waals surface area contributed by atoms with Gasteiger partial charge in [0, 0.05) is 18.7 Å². The second-order valence-corrected chi connectivity index (χ2v) is 4.76. The fourth-order valence-corrected chi connectivity index (χ4v) is 2.74. The van der Waals surface area contributed by atoms with Gasteiger partial charge in [-0.1, -0.05) is 0 Å². The van der Waals surface area contributed by atoms with Crippen molar-refractivity contribution in [2.75, 3.05) is 19.6 Å². The van der Waals surface area contributed by atoms with Gasteiger partial charge in [-0.2, -0.15) is 0 Å². The summed E-state index contributed by atoms with van der Waals surface area (Å²) < 4.78 is 0. The monoisotopic (exact) mass is 205 g/mol. The van der Waals surface area contributed by atoms with Crippen LogP contribution < -0.4 is 0 Å². The summed E-state index contributed by atoms with van der Waals surface area (Å²) in [5.74, 6) is 1.21. The maximum Gasteiger partial charge on any atom is 0.107 e. The average Bonchev–Trinajstić information content (AvgIpc) is 2.91. The van der Waals surface area contributed by atoms with Crippen LogP contribution in [0.2, 0.25) is 0 Å². The van der Waals surface area contributed by atoms with Gasteiger partial charge in [0.15, 0.2) is 0 Å². The van der Waals surface area contributed by atoms with Gasteiger partial charge in [0.1, 0.15) is 5.82 Å². The first kappa shape index (κ1) is 9.40. The van der Waals surface area contributed by atoms with Crippen molar-refractivity contribution in [3.05, 3.63) is 17.2 Å². The zero-order valence-corrected chi connectivity index (χ0v) is 9.26. The molecule has 0 amide bonds. The molecule has 1 aliphatic carbocycles. The fourth-order valence-electron chi connectivity index (χ4n) is 2.74. The summed E-state index contributed by atoms with van der Waals surface area (Å²) in [6, 6.07) is 0. The molecule has 1 aromatic heterocycles. The highest BCUT2D eigenvalue weighted by molar-refractivity contribution is 5.19. The number of imidazole rings is 1. The molecule has 0 radical (unpaired) electrons. The van der Waals surface area contributed by atoms with Gasteiger partial charge < -0.3 is 9.88 Å². The molecule has 2 aliphatic rings. The number of likely N-dealkylation sites (tertiary alicyclic amines) is 1. The molecule has 82 valence electrons. The summed E-state index contributed by atoms with van der Waals surface area (Å²) in [7, 11) is 0. The molecule has 3 heteroatoms. The Kier molecular flexibility index (Phi) is 2.49. The Balaban J connectivity index is 1.57. The lowest BCUT2D eigenvalue weighted by Gasteiger charge is -2.12. The molecule has 0 unspecified atom stereocenters. The van der Waals surface area contributed by atoms with E-state index in [9.17, 15) is 0 Å². The van der Waals surface area contributed by atoms with Gasteiger partial charge in [-0.05, 0) is 45.2 Å². The Hall–Kier alpha value is -0.830. The topological polar surface area (TPSA) is 31.9 Å². The van der Waals surface area contributed by atoms with Gasteiger partial charge in [0.05, 0.1) is 5.69 Å². The van der Waals surface area contributed by atoms with Gasteiger partial charge in [-0.15, -0.1) is 0 Å². The molecule has 15 heavy (non-hydrogen) atoms. The van der Waals surface area contributed by atoms with E-state index >= 15 is 0 Å². The van der Waals surface area contributed by atoms with Crippen LogP contribution >= 0.6 is 0 Å². The summed E-state index contributed by atoms with van der Waals surface area (Å²) in [4.78, 5) is 10.7. The van der Waals surface area contributed by atoms with Gasteiger partial charge in [0.2, 0.25) is 0 Å². The van der Waals surface area contributed by atoms with E-state index in [0.29, 0.717) is 0 Å². The van der Waals surface area contributed by atoms with Crippen molar-refractivity contribution in [1.82, 2.24) is 14.9 Å². The standard InChI is InChI=1S/C12H19N3/c1-2-8-15(7-1)9-6-12-13-10-4-3-5-11(10)14-12/h1-9H2,(H,13,14). The van der Waals surface area contributed by atoms with Gasteiger partial charge in [0.25, 0.3) is 0 Å². The highest BCUT2D eigenvalue weighted by Crippen LogP contribution is 2.19. The van der Waals surface area contributed by atoms with Crippen LogP contribution in [0.15, 0.2) is 0 Å². The molecular formula is C12H19N3. The zero-order valence-electron chi connectivity index (χ0n) is 9.26. The third-order valence-electron chi connectivity index (χ3n) is 3.62. The lowest BCUT2D eigenvalue weighted by Crippen LogP contribution is -2.22. The lowest BCUT2D eigenvalue weighted by atomic mass is 10.3. The van der Waals surface area contributed by atoms with Crippen molar-refractivity contribution < 1.29 is 0 Å². The minimum absolute atomic E-state index is 1.10. The molecule has 1 fully saturated rings. The van der Waals surface area contributed by atoms with Gasteiger partial charge in [-0.25, -0.2) is 4.98 Å². The Labute approximate surface area is 90.9 Å². The first-order chi connectivity index (χ1) is 7.42. The second-order valence-electron chi connectivity index (χ2n) is 4.76. The summed E-state index contributed by atoms with van der Waals surface area (Å²) in [5, 5.41) is 0. The minimum atomic E-state index is 1.10. The Morgan fingerprint density at radius 2 is 2.00 bits per heavy atom. The molecule has 1 N–H and O–H groups in total. The molecule has 0 saturated carbocycles. The molecule has 0 atom stereocenters. The molecule has 0 aromatic carbocycles. The quantitative estimate of drug-likeness (QED) is 0.811. The molecule has 3 nitrogen and oxygen atoms in total. The molecule has 1 saturated heterocycles. The van der Waals surface area contributed by atoms with E-state index in [1.54, 1.807) is 0 Å². The SMILES string of the molecule is C1Cc2nc(CCN3CCCC3)[nH]c2C1. The molecule has 0 bridgehead atoms. The second kappa shape index (κ2) is 3.97. The number of aryl methyl sites for hydroxylation is 2. The number of hydrogen-bond donors (Lipinski definition) is 1. The third-order valence-corrected chi connectivity index (χ3v) is 3.62. The summed E-state index contributed by atoms with van der Waals surface area (Å²) in [6.07, 6.45) is 7.57. The number of hydrogen-bond acceptors (Lipinski definition) is 2. The van der Waals surface area contributed by atoms with Crippen LogP contribution in [0, 0.1) is 0 Å². The van der Waals surface area contributed by atoms with Crippen LogP contribution in [-0.2, 0) is 19.3 Å². The summed E-state index contributed by atoms with van der Waals surface area (Å²) in [5.41, 5.74) is 2.75. The van der Waals surface area contributed by atoms with Crippen LogP contribution in [0.25, 0.3) is 0 Å². The van der Waals surface area contributed by atoms with Crippen molar-refractivity contribution in [2.45, 2.75) is 38.5 Å². The van der Waals surface area contributed by atoms with Crippen LogP contribution in [0.1, 0.15) is 36.5 Å². The number of rotatable bonds is 3. The van der Waals surface area contributed by atoms with Crippen molar-refractivity contribution in [2.24, 2.45) is 0 Å². The fraction of sp³-hybridized carbons (Fsp3) is 0.750. The van der Waals surface area contributed by atoms with Gasteiger partial charge >= 0.3 is 0 Å². The molecule has 1 aliphatic heterocycles. The maximum atomic E-state index is 4.67. The van der Waals surface area contributed by atoms with Crippen molar-refractivity contribution in [3.8, 4) is 0 Å². The average molecular weight is 205 g/mol. The van der Waals surface area contributed by atoms with E-state index in [0.717, 1.165) is 6.42 Å². The van der Waals surface area contributed by atoms with Crippen molar-refractivity contribution in [1.29, 1.82) is 0 Å². The normalized spacial score (nSPS) is 21.1. The number of nitrogens with one attached hydrogen (secondary N) is 1. The number of H-pyrrole nitrogens is 1. The number of nitrogens with zero attached hydrogens (tertiary/aromatic N) is 2. The lowest BCUT2D eigenvalue weighted by molar-refractivity contribution is 0.341. The Morgan fingerprint density at radius 1 is 1.13 bits per heavy atom. The van der Waals surface area contributed by atoms with E-state index in [4.69, 9.17) is 0 Å². The molecular weight excluding hydrogens is 186 g/mol. The highest BCUT2D eigenvalue weighted by Gasteiger charge is 2.17. The maximum absolute atomic E-state index is 4.67.